The lowest BCUT2D eigenvalue weighted by atomic mass is 10.0. The number of benzene rings is 1. The molecule has 4 heterocycles. The van der Waals surface area contributed by atoms with Crippen molar-refractivity contribution in [1.29, 1.82) is 0 Å². The van der Waals surface area contributed by atoms with Gasteiger partial charge in [-0.15, -0.1) is 10.2 Å². The number of hydrogen-bond donors (Lipinski definition) is 0. The largest absolute Gasteiger partial charge is 0.369 e. The molecule has 30 heavy (non-hydrogen) atoms. The molecule has 2 atom stereocenters. The number of pyridine rings is 1. The second-order valence-electron chi connectivity index (χ2n) is 8.90. The van der Waals surface area contributed by atoms with Crippen LogP contribution in [0.5, 0.6) is 0 Å². The maximum absolute atomic E-state index is 14.2. The van der Waals surface area contributed by atoms with Crippen molar-refractivity contribution in [3.8, 4) is 0 Å². The maximum Gasteiger partial charge on any atom is 0.181 e. The predicted octanol–water partition coefficient (Wildman–Crippen LogP) is 4.19. The van der Waals surface area contributed by atoms with Gasteiger partial charge in [-0.05, 0) is 37.0 Å². The summed E-state index contributed by atoms with van der Waals surface area (Å²) in [7, 11) is 0. The van der Waals surface area contributed by atoms with E-state index in [9.17, 15) is 8.78 Å². The normalized spacial score (nSPS) is 23.6. The van der Waals surface area contributed by atoms with Crippen LogP contribution in [0.1, 0.15) is 18.7 Å². The molecule has 5 nitrogen and oxygen atoms in total. The van der Waals surface area contributed by atoms with Gasteiger partial charge in [-0.3, -0.25) is 4.40 Å². The molecule has 8 heteroatoms. The molecule has 0 amide bonds. The van der Waals surface area contributed by atoms with Gasteiger partial charge in [-0.25, -0.2) is 8.78 Å². The zero-order valence-electron chi connectivity index (χ0n) is 16.4. The first-order valence-electron chi connectivity index (χ1n) is 10.5. The summed E-state index contributed by atoms with van der Waals surface area (Å²) in [5.74, 6) is 1.53. The third-order valence-electron chi connectivity index (χ3n) is 6.81. The second-order valence-corrected chi connectivity index (χ2v) is 9.28. The maximum atomic E-state index is 14.2. The van der Waals surface area contributed by atoms with Crippen LogP contribution in [0.2, 0.25) is 5.02 Å². The van der Waals surface area contributed by atoms with Gasteiger partial charge < -0.3 is 9.80 Å². The molecular weight excluding hydrogens is 408 g/mol. The van der Waals surface area contributed by atoms with Crippen molar-refractivity contribution >= 4 is 28.6 Å². The summed E-state index contributed by atoms with van der Waals surface area (Å²) in [4.78, 5) is 4.35. The molecule has 3 aromatic rings. The molecule has 1 saturated carbocycles. The van der Waals surface area contributed by atoms with Crippen LogP contribution in [0.15, 0.2) is 30.5 Å². The van der Waals surface area contributed by atoms with Crippen molar-refractivity contribution < 1.29 is 8.78 Å². The molecule has 2 saturated heterocycles. The van der Waals surface area contributed by atoms with Gasteiger partial charge in [0, 0.05) is 56.7 Å². The van der Waals surface area contributed by atoms with Gasteiger partial charge in [0.25, 0.3) is 0 Å². The second kappa shape index (κ2) is 6.80. The summed E-state index contributed by atoms with van der Waals surface area (Å²) in [6.45, 7) is 3.26. The van der Waals surface area contributed by atoms with E-state index in [1.807, 2.05) is 15.5 Å². The fraction of sp³-hybridized carbons (Fsp3) is 0.455. The summed E-state index contributed by atoms with van der Waals surface area (Å²) in [5, 5.41) is 9.35. The number of anilines is 2. The van der Waals surface area contributed by atoms with Gasteiger partial charge in [0.15, 0.2) is 5.65 Å². The highest BCUT2D eigenvalue weighted by Gasteiger charge is 2.41. The molecule has 3 fully saturated rings. The summed E-state index contributed by atoms with van der Waals surface area (Å²) >= 11 is 6.74. The van der Waals surface area contributed by atoms with E-state index in [1.165, 1.54) is 18.9 Å². The first kappa shape index (κ1) is 18.4. The average molecular weight is 430 g/mol. The molecule has 1 aromatic carbocycles. The van der Waals surface area contributed by atoms with E-state index in [-0.39, 0.29) is 0 Å². The smallest absolute Gasteiger partial charge is 0.181 e. The highest BCUT2D eigenvalue weighted by Crippen LogP contribution is 2.40. The Kier molecular flexibility index (Phi) is 4.17. The number of halogens is 3. The predicted molar refractivity (Wildman–Crippen MR) is 112 cm³/mol. The molecule has 6 rings (SSSR count). The Labute approximate surface area is 178 Å². The van der Waals surface area contributed by atoms with E-state index < -0.39 is 11.6 Å². The fourth-order valence-corrected chi connectivity index (χ4v) is 5.36. The minimum atomic E-state index is -0.541. The van der Waals surface area contributed by atoms with Crippen LogP contribution in [0.4, 0.5) is 20.2 Å². The third-order valence-corrected chi connectivity index (χ3v) is 7.18. The number of fused-ring (bicyclic) bond motifs is 2. The minimum absolute atomic E-state index is 0.421. The lowest BCUT2D eigenvalue weighted by Crippen LogP contribution is -2.29. The Balaban J connectivity index is 1.20. The van der Waals surface area contributed by atoms with E-state index in [0.29, 0.717) is 22.5 Å². The summed E-state index contributed by atoms with van der Waals surface area (Å²) in [6.07, 6.45) is 5.54. The quantitative estimate of drug-likeness (QED) is 0.623. The van der Waals surface area contributed by atoms with Crippen LogP contribution in [-0.2, 0) is 6.42 Å². The van der Waals surface area contributed by atoms with Crippen molar-refractivity contribution in [3.05, 3.63) is 52.9 Å². The molecule has 0 bridgehead atoms. The Bertz CT molecular complexity index is 1110. The zero-order valence-corrected chi connectivity index (χ0v) is 17.2. The number of nitrogens with zero attached hydrogens (tertiary/aromatic N) is 5. The van der Waals surface area contributed by atoms with Crippen molar-refractivity contribution in [2.45, 2.75) is 19.3 Å². The summed E-state index contributed by atoms with van der Waals surface area (Å²) < 4.78 is 29.4. The molecule has 2 aromatic heterocycles. The molecule has 2 aliphatic heterocycles. The van der Waals surface area contributed by atoms with Crippen molar-refractivity contribution in [1.82, 2.24) is 14.6 Å². The fourth-order valence-electron chi connectivity index (χ4n) is 5.05. The van der Waals surface area contributed by atoms with Crippen LogP contribution in [0, 0.1) is 29.4 Å². The first-order valence-corrected chi connectivity index (χ1v) is 10.9. The summed E-state index contributed by atoms with van der Waals surface area (Å²) in [6, 6.07) is 5.89. The lowest BCUT2D eigenvalue weighted by molar-refractivity contribution is 0.533. The molecule has 0 N–H and O–H groups in total. The van der Waals surface area contributed by atoms with Crippen molar-refractivity contribution in [3.63, 3.8) is 0 Å². The van der Waals surface area contributed by atoms with E-state index in [1.54, 1.807) is 6.07 Å². The van der Waals surface area contributed by atoms with Gasteiger partial charge in [-0.2, -0.15) is 0 Å². The average Bonchev–Trinajstić information content (AvgIpc) is 3.11. The van der Waals surface area contributed by atoms with Crippen LogP contribution in [0.3, 0.4) is 0 Å². The van der Waals surface area contributed by atoms with Gasteiger partial charge in [-0.1, -0.05) is 11.6 Å². The zero-order chi connectivity index (χ0) is 20.4. The molecule has 156 valence electrons. The van der Waals surface area contributed by atoms with E-state index in [0.717, 1.165) is 61.7 Å². The summed E-state index contributed by atoms with van der Waals surface area (Å²) in [5.41, 5.74) is 2.20. The van der Waals surface area contributed by atoms with E-state index in [2.05, 4.69) is 21.2 Å². The molecule has 0 unspecified atom stereocenters. The van der Waals surface area contributed by atoms with Gasteiger partial charge in [0.05, 0.1) is 11.4 Å². The van der Waals surface area contributed by atoms with Gasteiger partial charge in [0.2, 0.25) is 0 Å². The van der Waals surface area contributed by atoms with Crippen LogP contribution in [-0.4, -0.2) is 40.8 Å². The van der Waals surface area contributed by atoms with Crippen molar-refractivity contribution in [2.75, 3.05) is 36.0 Å². The standard InChI is InChI=1S/C22H22ClF2N5/c23-21-19(5-6-30-20(7-13-1-2-13)26-27-22(21)30)29-11-14-9-28(10-15(14)12-29)18-4-3-16(24)8-17(18)25/h3-6,8,13-15H,1-2,7,9-12H2/t14-,15+. The van der Waals surface area contributed by atoms with Crippen LogP contribution in [0.25, 0.3) is 5.65 Å². The highest BCUT2D eigenvalue weighted by atomic mass is 35.5. The molecule has 1 aliphatic carbocycles. The molecular formula is C22H22ClF2N5. The monoisotopic (exact) mass is 429 g/mol. The highest BCUT2D eigenvalue weighted by molar-refractivity contribution is 6.36. The van der Waals surface area contributed by atoms with Crippen LogP contribution >= 0.6 is 11.6 Å². The van der Waals surface area contributed by atoms with E-state index in [4.69, 9.17) is 11.6 Å². The van der Waals surface area contributed by atoms with Crippen molar-refractivity contribution in [2.24, 2.45) is 17.8 Å². The lowest BCUT2D eigenvalue weighted by Gasteiger charge is -2.25. The SMILES string of the molecule is Fc1ccc(N2C[C@@H]3CN(c4ccn5c(CC6CC6)nnc5c4Cl)C[C@@H]3C2)c(F)c1. The topological polar surface area (TPSA) is 36.7 Å². The van der Waals surface area contributed by atoms with Gasteiger partial charge in [0.1, 0.15) is 22.5 Å². The Morgan fingerprint density at radius 1 is 0.933 bits per heavy atom. The number of aromatic nitrogens is 3. The Morgan fingerprint density at radius 2 is 1.63 bits per heavy atom. The van der Waals surface area contributed by atoms with Crippen LogP contribution < -0.4 is 9.80 Å². The third kappa shape index (κ3) is 3.02. The molecule has 0 spiro atoms. The first-order chi connectivity index (χ1) is 14.6. The Morgan fingerprint density at radius 3 is 2.30 bits per heavy atom. The molecule has 0 radical (unpaired) electrons. The number of rotatable bonds is 4. The minimum Gasteiger partial charge on any atom is -0.369 e. The van der Waals surface area contributed by atoms with Gasteiger partial charge >= 0.3 is 0 Å². The Hall–Kier alpha value is -2.41. The van der Waals surface area contributed by atoms with E-state index >= 15 is 0 Å². The molecule has 3 aliphatic rings. The number of hydrogen-bond acceptors (Lipinski definition) is 4.